The molecule has 0 spiro atoms. The minimum atomic E-state index is -0.493. The lowest BCUT2D eigenvalue weighted by atomic mass is 10.1. The normalized spacial score (nSPS) is 10.5. The van der Waals surface area contributed by atoms with Crippen molar-refractivity contribution in [3.8, 4) is 17.1 Å². The van der Waals surface area contributed by atoms with Gasteiger partial charge in [-0.05, 0) is 25.1 Å². The highest BCUT2D eigenvalue weighted by Gasteiger charge is 2.23. The highest BCUT2D eigenvalue weighted by Crippen LogP contribution is 2.36. The zero-order valence-corrected chi connectivity index (χ0v) is 14.5. The van der Waals surface area contributed by atoms with E-state index in [4.69, 9.17) is 13.9 Å². The topological polar surface area (TPSA) is 75.0 Å². The number of esters is 2. The molecule has 0 aliphatic rings. The molecule has 0 saturated heterocycles. The fourth-order valence-electron chi connectivity index (χ4n) is 2.57. The maximum absolute atomic E-state index is 12.5. The number of ether oxygens (including phenoxy) is 3. The molecule has 0 amide bonds. The Hall–Kier alpha value is -3.28. The number of carbonyl (C=O) groups excluding carboxylic acids is 2. The van der Waals surface area contributed by atoms with Crippen LogP contribution in [0.5, 0.6) is 5.75 Å². The zero-order chi connectivity index (χ0) is 18.5. The Bertz CT molecular complexity index is 926. The molecule has 2 aromatic carbocycles. The van der Waals surface area contributed by atoms with Gasteiger partial charge in [-0.3, -0.25) is 0 Å². The van der Waals surface area contributed by atoms with Gasteiger partial charge in [0.05, 0.1) is 13.7 Å². The molecule has 6 nitrogen and oxygen atoms in total. The second-order valence-electron chi connectivity index (χ2n) is 5.42. The Kier molecular flexibility index (Phi) is 5.22. The van der Waals surface area contributed by atoms with Crippen LogP contribution in [-0.4, -0.2) is 32.3 Å². The number of fused-ring (bicyclic) bond motifs is 1. The predicted octanol–water partition coefficient (Wildman–Crippen LogP) is 3.83. The monoisotopic (exact) mass is 354 g/mol. The Morgan fingerprint density at radius 1 is 1.08 bits per heavy atom. The minimum absolute atomic E-state index is 0.222. The van der Waals surface area contributed by atoms with Crippen molar-refractivity contribution in [2.45, 2.75) is 6.92 Å². The van der Waals surface area contributed by atoms with Crippen LogP contribution in [0.2, 0.25) is 0 Å². The van der Waals surface area contributed by atoms with Gasteiger partial charge in [0.25, 0.3) is 0 Å². The molecule has 0 fully saturated rings. The summed E-state index contributed by atoms with van der Waals surface area (Å²) >= 11 is 0. The van der Waals surface area contributed by atoms with E-state index in [0.29, 0.717) is 28.0 Å². The molecule has 0 radical (unpaired) electrons. The van der Waals surface area contributed by atoms with Crippen LogP contribution in [0.1, 0.15) is 17.3 Å². The molecule has 1 heterocycles. The first kappa shape index (κ1) is 17.5. The van der Waals surface area contributed by atoms with Crippen LogP contribution < -0.4 is 4.74 Å². The van der Waals surface area contributed by atoms with Crippen molar-refractivity contribution in [1.29, 1.82) is 0 Å². The largest absolute Gasteiger partial charge is 0.482 e. The predicted molar refractivity (Wildman–Crippen MR) is 95.1 cm³/mol. The third kappa shape index (κ3) is 3.54. The van der Waals surface area contributed by atoms with E-state index < -0.39 is 11.9 Å². The SMILES string of the molecule is CCOC(=O)c1c(-c2ccccc2)oc2ccc(OCC(=O)OC)cc12. The summed E-state index contributed by atoms with van der Waals surface area (Å²) in [6.07, 6.45) is 0. The number of benzene rings is 2. The molecule has 134 valence electrons. The molecule has 3 rings (SSSR count). The van der Waals surface area contributed by atoms with E-state index in [1.54, 1.807) is 25.1 Å². The number of rotatable bonds is 6. The average Bonchev–Trinajstić information content (AvgIpc) is 3.05. The van der Waals surface area contributed by atoms with Crippen molar-refractivity contribution in [2.24, 2.45) is 0 Å². The third-order valence-corrected chi connectivity index (χ3v) is 3.76. The second kappa shape index (κ2) is 7.74. The van der Waals surface area contributed by atoms with Gasteiger partial charge in [-0.1, -0.05) is 30.3 Å². The smallest absolute Gasteiger partial charge is 0.343 e. The minimum Gasteiger partial charge on any atom is -0.482 e. The van der Waals surface area contributed by atoms with E-state index in [1.807, 2.05) is 30.3 Å². The Labute approximate surface area is 150 Å². The van der Waals surface area contributed by atoms with Crippen molar-refractivity contribution >= 4 is 22.9 Å². The van der Waals surface area contributed by atoms with Crippen LogP contribution in [0, 0.1) is 0 Å². The first-order valence-electron chi connectivity index (χ1n) is 8.12. The zero-order valence-electron chi connectivity index (χ0n) is 14.5. The highest BCUT2D eigenvalue weighted by atomic mass is 16.6. The van der Waals surface area contributed by atoms with Gasteiger partial charge in [-0.2, -0.15) is 0 Å². The maximum atomic E-state index is 12.5. The molecule has 3 aromatic rings. The van der Waals surface area contributed by atoms with Gasteiger partial charge in [0.15, 0.2) is 6.61 Å². The van der Waals surface area contributed by atoms with Crippen LogP contribution in [0.25, 0.3) is 22.3 Å². The summed E-state index contributed by atoms with van der Waals surface area (Å²) in [7, 11) is 1.29. The van der Waals surface area contributed by atoms with Gasteiger partial charge in [0, 0.05) is 10.9 Å². The lowest BCUT2D eigenvalue weighted by molar-refractivity contribution is -0.142. The second-order valence-corrected chi connectivity index (χ2v) is 5.42. The van der Waals surface area contributed by atoms with E-state index in [0.717, 1.165) is 5.56 Å². The number of methoxy groups -OCH3 is 1. The molecule has 0 aliphatic carbocycles. The van der Waals surface area contributed by atoms with Crippen LogP contribution in [-0.2, 0) is 14.3 Å². The van der Waals surface area contributed by atoms with Crippen LogP contribution in [0.4, 0.5) is 0 Å². The Morgan fingerprint density at radius 3 is 2.54 bits per heavy atom. The van der Waals surface area contributed by atoms with Crippen molar-refractivity contribution in [1.82, 2.24) is 0 Å². The summed E-state index contributed by atoms with van der Waals surface area (Å²) in [5, 5.41) is 0.560. The van der Waals surface area contributed by atoms with Gasteiger partial charge in [-0.15, -0.1) is 0 Å². The molecular formula is C20H18O6. The Balaban J connectivity index is 2.08. The van der Waals surface area contributed by atoms with Gasteiger partial charge in [-0.25, -0.2) is 9.59 Å². The lowest BCUT2D eigenvalue weighted by Gasteiger charge is -2.05. The number of hydrogen-bond donors (Lipinski definition) is 0. The van der Waals surface area contributed by atoms with Crippen LogP contribution in [0.3, 0.4) is 0 Å². The van der Waals surface area contributed by atoms with Gasteiger partial charge in [0.1, 0.15) is 22.7 Å². The fourth-order valence-corrected chi connectivity index (χ4v) is 2.57. The summed E-state index contributed by atoms with van der Waals surface area (Å²) in [5.41, 5.74) is 1.62. The first-order valence-corrected chi connectivity index (χ1v) is 8.12. The standard InChI is InChI=1S/C20H18O6/c1-3-24-20(22)18-15-11-14(25-12-17(21)23-2)9-10-16(15)26-19(18)13-7-5-4-6-8-13/h4-11H,3,12H2,1-2H3. The lowest BCUT2D eigenvalue weighted by Crippen LogP contribution is -2.12. The molecule has 0 bridgehead atoms. The summed E-state index contributed by atoms with van der Waals surface area (Å²) in [5.74, 6) is -0.110. The van der Waals surface area contributed by atoms with E-state index in [9.17, 15) is 9.59 Å². The summed E-state index contributed by atoms with van der Waals surface area (Å²) in [4.78, 5) is 23.8. The molecular weight excluding hydrogens is 336 g/mol. The Morgan fingerprint density at radius 2 is 1.85 bits per heavy atom. The summed E-state index contributed by atoms with van der Waals surface area (Å²) in [6, 6.07) is 14.3. The fraction of sp³-hybridized carbons (Fsp3) is 0.200. The quantitative estimate of drug-likeness (QED) is 0.626. The van der Waals surface area contributed by atoms with Gasteiger partial charge < -0.3 is 18.6 Å². The maximum Gasteiger partial charge on any atom is 0.343 e. The number of furan rings is 1. The molecule has 0 N–H and O–H groups in total. The van der Waals surface area contributed by atoms with E-state index in [-0.39, 0.29) is 13.2 Å². The van der Waals surface area contributed by atoms with Crippen LogP contribution in [0.15, 0.2) is 52.9 Å². The van der Waals surface area contributed by atoms with Crippen molar-refractivity contribution < 1.29 is 28.2 Å². The van der Waals surface area contributed by atoms with Crippen molar-refractivity contribution in [2.75, 3.05) is 20.3 Å². The summed E-state index contributed by atoms with van der Waals surface area (Å²) < 4.78 is 21.1. The third-order valence-electron chi connectivity index (χ3n) is 3.76. The molecule has 0 atom stereocenters. The molecule has 0 aliphatic heterocycles. The van der Waals surface area contributed by atoms with E-state index >= 15 is 0 Å². The van der Waals surface area contributed by atoms with Crippen molar-refractivity contribution in [3.63, 3.8) is 0 Å². The summed E-state index contributed by atoms with van der Waals surface area (Å²) in [6.45, 7) is 1.77. The van der Waals surface area contributed by atoms with Gasteiger partial charge in [0.2, 0.25) is 0 Å². The van der Waals surface area contributed by atoms with Gasteiger partial charge >= 0.3 is 11.9 Å². The first-order chi connectivity index (χ1) is 12.6. The van der Waals surface area contributed by atoms with Crippen LogP contribution >= 0.6 is 0 Å². The molecule has 6 heteroatoms. The van der Waals surface area contributed by atoms with E-state index in [1.165, 1.54) is 7.11 Å². The number of hydrogen-bond acceptors (Lipinski definition) is 6. The molecule has 26 heavy (non-hydrogen) atoms. The number of carbonyl (C=O) groups is 2. The van der Waals surface area contributed by atoms with E-state index in [2.05, 4.69) is 4.74 Å². The average molecular weight is 354 g/mol. The highest BCUT2D eigenvalue weighted by molar-refractivity contribution is 6.09. The molecule has 0 unspecified atom stereocenters. The molecule has 0 saturated carbocycles. The molecule has 1 aromatic heterocycles. The van der Waals surface area contributed by atoms with Crippen molar-refractivity contribution in [3.05, 3.63) is 54.1 Å².